The molecule has 0 saturated carbocycles. The number of fused-ring (bicyclic) bond motifs is 1. The van der Waals surface area contributed by atoms with Gasteiger partial charge in [-0.25, -0.2) is 0 Å². The number of carbonyl (C=O) groups is 2. The van der Waals surface area contributed by atoms with Crippen LogP contribution in [0.15, 0.2) is 78.5 Å². The number of halogens is 1. The zero-order chi connectivity index (χ0) is 25.4. The largest absolute Gasteiger partial charge is 0.342 e. The van der Waals surface area contributed by atoms with Crippen LogP contribution in [0.2, 0.25) is 5.02 Å². The van der Waals surface area contributed by atoms with Gasteiger partial charge in [0.15, 0.2) is 5.11 Å². The van der Waals surface area contributed by atoms with Crippen LogP contribution < -0.4 is 10.2 Å². The van der Waals surface area contributed by atoms with E-state index >= 15 is 0 Å². The molecular weight excluding hydrogens is 492 g/mol. The van der Waals surface area contributed by atoms with E-state index in [0.29, 0.717) is 33.9 Å². The smallest absolute Gasteiger partial charge is 0.270 e. The van der Waals surface area contributed by atoms with Crippen molar-refractivity contribution in [1.82, 2.24) is 9.88 Å². The molecule has 2 amide bonds. The van der Waals surface area contributed by atoms with E-state index in [0.717, 1.165) is 16.5 Å². The second-order valence-electron chi connectivity index (χ2n) is 8.34. The molecule has 0 unspecified atom stereocenters. The van der Waals surface area contributed by atoms with Gasteiger partial charge in [-0.15, -0.1) is 0 Å². The lowest BCUT2D eigenvalue weighted by Crippen LogP contribution is -2.54. The molecule has 3 aromatic carbocycles. The molecule has 0 radical (unpaired) electrons. The van der Waals surface area contributed by atoms with Gasteiger partial charge in [0, 0.05) is 34.2 Å². The predicted molar refractivity (Wildman–Crippen MR) is 145 cm³/mol. The van der Waals surface area contributed by atoms with Crippen molar-refractivity contribution < 1.29 is 9.59 Å². The van der Waals surface area contributed by atoms with Gasteiger partial charge in [0.05, 0.1) is 17.3 Å². The van der Waals surface area contributed by atoms with Gasteiger partial charge in [-0.2, -0.15) is 5.26 Å². The van der Waals surface area contributed by atoms with Gasteiger partial charge >= 0.3 is 0 Å². The summed E-state index contributed by atoms with van der Waals surface area (Å²) in [5, 5.41) is 13.5. The summed E-state index contributed by atoms with van der Waals surface area (Å²) < 4.78 is 2.01. The van der Waals surface area contributed by atoms with Crippen LogP contribution in [-0.2, 0) is 16.1 Å². The topological polar surface area (TPSA) is 78.1 Å². The average Bonchev–Trinajstić information content (AvgIpc) is 3.21. The van der Waals surface area contributed by atoms with Gasteiger partial charge in [-0.05, 0) is 60.6 Å². The normalized spacial score (nSPS) is 14.9. The van der Waals surface area contributed by atoms with Crippen molar-refractivity contribution in [2.24, 2.45) is 0 Å². The van der Waals surface area contributed by atoms with E-state index in [-0.39, 0.29) is 10.7 Å². The Morgan fingerprint density at radius 3 is 2.61 bits per heavy atom. The lowest BCUT2D eigenvalue weighted by Gasteiger charge is -2.30. The SMILES string of the molecule is Cc1c(Cl)cccc1N1C(=O)/C(=C/c2cn(Cc3ccccc3C#N)c3ccccc23)C(=O)NC1=S. The Morgan fingerprint density at radius 2 is 1.81 bits per heavy atom. The summed E-state index contributed by atoms with van der Waals surface area (Å²) in [6.07, 6.45) is 3.47. The molecule has 1 N–H and O–H groups in total. The van der Waals surface area contributed by atoms with Crippen LogP contribution in [0, 0.1) is 18.3 Å². The number of hydrogen-bond acceptors (Lipinski definition) is 4. The van der Waals surface area contributed by atoms with Crippen molar-refractivity contribution >= 4 is 63.4 Å². The number of aromatic nitrogens is 1. The predicted octanol–water partition coefficient (Wildman–Crippen LogP) is 5.35. The van der Waals surface area contributed by atoms with Crippen LogP contribution in [0.4, 0.5) is 5.69 Å². The summed E-state index contributed by atoms with van der Waals surface area (Å²) in [7, 11) is 0. The standard InChI is InChI=1S/C28H19ClN4O2S/c1-17-23(29)10-6-12-24(17)33-27(35)22(26(34)31-28(33)36)13-20-16-32(25-11-5-4-9-21(20)25)15-19-8-3-2-7-18(19)14-30/h2-13,16H,15H2,1H3,(H,31,34,36)/b22-13+. The molecule has 1 aliphatic heterocycles. The molecule has 0 aliphatic carbocycles. The van der Waals surface area contributed by atoms with Crippen molar-refractivity contribution in [3.63, 3.8) is 0 Å². The van der Waals surface area contributed by atoms with Gasteiger partial charge in [0.25, 0.3) is 11.8 Å². The number of nitrogens with zero attached hydrogens (tertiary/aromatic N) is 3. The van der Waals surface area contributed by atoms with Crippen LogP contribution in [-0.4, -0.2) is 21.5 Å². The minimum Gasteiger partial charge on any atom is -0.342 e. The summed E-state index contributed by atoms with van der Waals surface area (Å²) in [6.45, 7) is 2.26. The molecule has 0 atom stereocenters. The average molecular weight is 511 g/mol. The summed E-state index contributed by atoms with van der Waals surface area (Å²) in [5.41, 5.74) is 4.24. The summed E-state index contributed by atoms with van der Waals surface area (Å²) in [5.74, 6) is -1.09. The number of benzene rings is 3. The number of para-hydroxylation sites is 1. The molecule has 36 heavy (non-hydrogen) atoms. The maximum atomic E-state index is 13.6. The maximum Gasteiger partial charge on any atom is 0.270 e. The summed E-state index contributed by atoms with van der Waals surface area (Å²) in [4.78, 5) is 27.7. The van der Waals surface area contributed by atoms with Crippen molar-refractivity contribution in [1.29, 1.82) is 5.26 Å². The van der Waals surface area contributed by atoms with E-state index < -0.39 is 11.8 Å². The Balaban J connectivity index is 1.60. The Labute approximate surface area is 218 Å². The van der Waals surface area contributed by atoms with E-state index in [1.165, 1.54) is 4.90 Å². The molecule has 6 nitrogen and oxygen atoms in total. The second-order valence-corrected chi connectivity index (χ2v) is 9.13. The van der Waals surface area contributed by atoms with Crippen molar-refractivity contribution in [3.05, 3.63) is 106 Å². The zero-order valence-corrected chi connectivity index (χ0v) is 20.7. The van der Waals surface area contributed by atoms with Gasteiger partial charge in [-0.3, -0.25) is 19.8 Å². The number of nitrogens with one attached hydrogen (secondary N) is 1. The first-order valence-corrected chi connectivity index (χ1v) is 11.9. The van der Waals surface area contributed by atoms with Crippen molar-refractivity contribution in [3.8, 4) is 6.07 Å². The number of hydrogen-bond donors (Lipinski definition) is 1. The Morgan fingerprint density at radius 1 is 1.06 bits per heavy atom. The highest BCUT2D eigenvalue weighted by molar-refractivity contribution is 7.80. The van der Waals surface area contributed by atoms with Gasteiger partial charge in [-0.1, -0.05) is 54.1 Å². The number of nitriles is 1. The lowest BCUT2D eigenvalue weighted by molar-refractivity contribution is -0.122. The minimum absolute atomic E-state index is 0.00283. The van der Waals surface area contributed by atoms with E-state index in [9.17, 15) is 14.9 Å². The second kappa shape index (κ2) is 9.42. The van der Waals surface area contributed by atoms with Gasteiger partial charge in [0.2, 0.25) is 0 Å². The number of rotatable bonds is 4. The van der Waals surface area contributed by atoms with Crippen LogP contribution in [0.1, 0.15) is 22.3 Å². The van der Waals surface area contributed by atoms with E-state index in [4.69, 9.17) is 23.8 Å². The van der Waals surface area contributed by atoms with E-state index in [2.05, 4.69) is 11.4 Å². The summed E-state index contributed by atoms with van der Waals surface area (Å²) >= 11 is 11.6. The first-order chi connectivity index (χ1) is 17.4. The highest BCUT2D eigenvalue weighted by atomic mass is 35.5. The third kappa shape index (κ3) is 4.07. The molecule has 5 rings (SSSR count). The molecule has 0 spiro atoms. The third-order valence-electron chi connectivity index (χ3n) is 6.18. The number of amides is 2. The molecule has 8 heteroatoms. The van der Waals surface area contributed by atoms with E-state index in [1.54, 1.807) is 37.3 Å². The molecule has 1 fully saturated rings. The lowest BCUT2D eigenvalue weighted by atomic mass is 10.1. The number of carbonyl (C=O) groups excluding carboxylic acids is 2. The molecule has 4 aromatic rings. The first kappa shape index (κ1) is 23.5. The number of anilines is 1. The van der Waals surface area contributed by atoms with Crippen LogP contribution in [0.25, 0.3) is 17.0 Å². The van der Waals surface area contributed by atoms with Gasteiger partial charge in [0.1, 0.15) is 5.57 Å². The fraction of sp³-hybridized carbons (Fsp3) is 0.0714. The monoisotopic (exact) mass is 510 g/mol. The van der Waals surface area contributed by atoms with Crippen molar-refractivity contribution in [2.75, 3.05) is 4.90 Å². The molecular formula is C28H19ClN4O2S. The number of thiocarbonyl (C=S) groups is 1. The molecule has 176 valence electrons. The summed E-state index contributed by atoms with van der Waals surface area (Å²) in [6, 6.07) is 22.6. The highest BCUT2D eigenvalue weighted by Gasteiger charge is 2.35. The van der Waals surface area contributed by atoms with Crippen LogP contribution in [0.5, 0.6) is 0 Å². The maximum absolute atomic E-state index is 13.6. The quantitative estimate of drug-likeness (QED) is 0.228. The Hall–Kier alpha value is -4.25. The van der Waals surface area contributed by atoms with Crippen LogP contribution >= 0.6 is 23.8 Å². The third-order valence-corrected chi connectivity index (χ3v) is 6.87. The zero-order valence-electron chi connectivity index (χ0n) is 19.2. The molecule has 1 saturated heterocycles. The Bertz CT molecular complexity index is 1650. The molecule has 1 aliphatic rings. The first-order valence-electron chi connectivity index (χ1n) is 11.1. The van der Waals surface area contributed by atoms with Crippen LogP contribution in [0.3, 0.4) is 0 Å². The van der Waals surface area contributed by atoms with E-state index in [1.807, 2.05) is 53.2 Å². The fourth-order valence-electron chi connectivity index (χ4n) is 4.34. The molecule has 1 aromatic heterocycles. The fourth-order valence-corrected chi connectivity index (χ4v) is 4.79. The van der Waals surface area contributed by atoms with Gasteiger partial charge < -0.3 is 4.57 Å². The highest BCUT2D eigenvalue weighted by Crippen LogP contribution is 2.31. The molecule has 0 bridgehead atoms. The van der Waals surface area contributed by atoms with Crippen molar-refractivity contribution in [2.45, 2.75) is 13.5 Å². The molecule has 2 heterocycles. The minimum atomic E-state index is -0.562. The Kier molecular flexibility index (Phi) is 6.15.